The van der Waals surface area contributed by atoms with Gasteiger partial charge in [-0.2, -0.15) is 0 Å². The Labute approximate surface area is 125 Å². The molecule has 2 amide bonds. The fourth-order valence-electron chi connectivity index (χ4n) is 1.64. The SMILES string of the molecule is COC(=O)CNC(=O)C(C)NC(=O)Cc1cc(F)cc(F)c1. The Morgan fingerprint density at radius 3 is 2.32 bits per heavy atom. The molecule has 0 radical (unpaired) electrons. The van der Waals surface area contributed by atoms with Crippen LogP contribution in [0.1, 0.15) is 12.5 Å². The maximum absolute atomic E-state index is 13.0. The number of carbonyl (C=O) groups is 3. The highest BCUT2D eigenvalue weighted by atomic mass is 19.1. The normalized spacial score (nSPS) is 11.5. The third-order valence-corrected chi connectivity index (χ3v) is 2.69. The van der Waals surface area contributed by atoms with Crippen LogP contribution in [-0.4, -0.2) is 37.5 Å². The van der Waals surface area contributed by atoms with E-state index in [-0.39, 0.29) is 18.5 Å². The lowest BCUT2D eigenvalue weighted by molar-refractivity contribution is -0.141. The van der Waals surface area contributed by atoms with Crippen LogP contribution in [0.4, 0.5) is 8.78 Å². The van der Waals surface area contributed by atoms with Gasteiger partial charge in [-0.3, -0.25) is 14.4 Å². The van der Waals surface area contributed by atoms with Gasteiger partial charge in [0.2, 0.25) is 11.8 Å². The number of halogens is 2. The molecule has 0 aromatic heterocycles. The zero-order chi connectivity index (χ0) is 16.7. The van der Waals surface area contributed by atoms with E-state index in [4.69, 9.17) is 0 Å². The Bertz CT molecular complexity index is 558. The summed E-state index contributed by atoms with van der Waals surface area (Å²) in [5, 5.41) is 4.63. The second-order valence-corrected chi connectivity index (χ2v) is 4.54. The molecule has 0 bridgehead atoms. The molecule has 0 saturated heterocycles. The monoisotopic (exact) mass is 314 g/mol. The average Bonchev–Trinajstić information content (AvgIpc) is 2.42. The molecule has 1 rings (SSSR count). The number of benzene rings is 1. The summed E-state index contributed by atoms with van der Waals surface area (Å²) in [6.07, 6.45) is -0.275. The van der Waals surface area contributed by atoms with Crippen LogP contribution in [0.25, 0.3) is 0 Å². The largest absolute Gasteiger partial charge is 0.468 e. The van der Waals surface area contributed by atoms with Crippen molar-refractivity contribution in [2.75, 3.05) is 13.7 Å². The van der Waals surface area contributed by atoms with Gasteiger partial charge in [0.25, 0.3) is 0 Å². The highest BCUT2D eigenvalue weighted by molar-refractivity contribution is 5.89. The third kappa shape index (κ3) is 5.86. The van der Waals surface area contributed by atoms with Crippen LogP contribution in [0, 0.1) is 11.6 Å². The van der Waals surface area contributed by atoms with Crippen LogP contribution < -0.4 is 10.6 Å². The Kier molecular flexibility index (Phi) is 6.43. The van der Waals surface area contributed by atoms with Crippen LogP contribution in [0.2, 0.25) is 0 Å². The molecule has 0 aliphatic carbocycles. The standard InChI is InChI=1S/C14H16F2N2O4/c1-8(14(21)17-7-13(20)22-2)18-12(19)5-9-3-10(15)6-11(16)4-9/h3-4,6,8H,5,7H2,1-2H3,(H,17,21)(H,18,19). The van der Waals surface area contributed by atoms with Gasteiger partial charge in [-0.25, -0.2) is 8.78 Å². The lowest BCUT2D eigenvalue weighted by atomic mass is 10.1. The van der Waals surface area contributed by atoms with Gasteiger partial charge < -0.3 is 15.4 Å². The van der Waals surface area contributed by atoms with E-state index in [0.717, 1.165) is 12.1 Å². The first-order valence-electron chi connectivity index (χ1n) is 6.40. The summed E-state index contributed by atoms with van der Waals surface area (Å²) in [4.78, 5) is 34.2. The maximum atomic E-state index is 13.0. The Morgan fingerprint density at radius 1 is 1.18 bits per heavy atom. The quantitative estimate of drug-likeness (QED) is 0.740. The molecule has 0 fully saturated rings. The smallest absolute Gasteiger partial charge is 0.325 e. The number of hydrogen-bond acceptors (Lipinski definition) is 4. The predicted octanol–water partition coefficient (Wildman–Crippen LogP) is 0.301. The van der Waals surface area contributed by atoms with Crippen molar-refractivity contribution in [1.29, 1.82) is 0 Å². The first-order chi connectivity index (χ1) is 10.3. The number of rotatable bonds is 6. The number of esters is 1. The summed E-state index contributed by atoms with van der Waals surface area (Å²) in [5.41, 5.74) is 0.150. The van der Waals surface area contributed by atoms with Crippen molar-refractivity contribution >= 4 is 17.8 Å². The van der Waals surface area contributed by atoms with E-state index in [0.29, 0.717) is 6.07 Å². The van der Waals surface area contributed by atoms with Crippen molar-refractivity contribution in [3.63, 3.8) is 0 Å². The molecule has 1 aromatic rings. The van der Waals surface area contributed by atoms with Crippen LogP contribution in [0.15, 0.2) is 18.2 Å². The summed E-state index contributed by atoms with van der Waals surface area (Å²) in [6, 6.07) is 1.86. The molecule has 8 heteroatoms. The van der Waals surface area contributed by atoms with Crippen molar-refractivity contribution in [2.24, 2.45) is 0 Å². The van der Waals surface area contributed by atoms with Crippen LogP contribution in [0.3, 0.4) is 0 Å². The van der Waals surface area contributed by atoms with E-state index in [2.05, 4.69) is 15.4 Å². The Hall–Kier alpha value is -2.51. The Balaban J connectivity index is 2.49. The van der Waals surface area contributed by atoms with Gasteiger partial charge in [0, 0.05) is 6.07 Å². The van der Waals surface area contributed by atoms with Gasteiger partial charge in [0.15, 0.2) is 0 Å². The number of nitrogens with one attached hydrogen (secondary N) is 2. The Morgan fingerprint density at radius 2 is 1.77 bits per heavy atom. The first kappa shape index (κ1) is 17.5. The van der Waals surface area contributed by atoms with E-state index in [9.17, 15) is 23.2 Å². The van der Waals surface area contributed by atoms with E-state index >= 15 is 0 Å². The van der Waals surface area contributed by atoms with Crippen molar-refractivity contribution in [1.82, 2.24) is 10.6 Å². The van der Waals surface area contributed by atoms with Crippen LogP contribution in [-0.2, 0) is 25.5 Å². The minimum atomic E-state index is -0.907. The molecule has 120 valence electrons. The highest BCUT2D eigenvalue weighted by Crippen LogP contribution is 2.08. The van der Waals surface area contributed by atoms with Crippen molar-refractivity contribution in [3.8, 4) is 0 Å². The third-order valence-electron chi connectivity index (χ3n) is 2.69. The van der Waals surface area contributed by atoms with Gasteiger partial charge >= 0.3 is 5.97 Å². The summed E-state index contributed by atoms with van der Waals surface area (Å²) >= 11 is 0. The number of carbonyl (C=O) groups excluding carboxylic acids is 3. The van der Waals surface area contributed by atoms with Crippen LogP contribution >= 0.6 is 0 Å². The van der Waals surface area contributed by atoms with E-state index in [1.54, 1.807) is 0 Å². The van der Waals surface area contributed by atoms with Gasteiger partial charge in [0.1, 0.15) is 24.2 Å². The minimum absolute atomic E-state index is 0.150. The summed E-state index contributed by atoms with van der Waals surface area (Å²) in [6.45, 7) is 1.10. The van der Waals surface area contributed by atoms with Crippen molar-refractivity contribution in [2.45, 2.75) is 19.4 Å². The molecule has 22 heavy (non-hydrogen) atoms. The molecular formula is C14H16F2N2O4. The predicted molar refractivity (Wildman–Crippen MR) is 72.7 cm³/mol. The molecule has 0 aliphatic heterocycles. The molecule has 0 heterocycles. The van der Waals surface area contributed by atoms with Crippen LogP contribution in [0.5, 0.6) is 0 Å². The van der Waals surface area contributed by atoms with Gasteiger partial charge in [-0.15, -0.1) is 0 Å². The minimum Gasteiger partial charge on any atom is -0.468 e. The molecule has 1 unspecified atom stereocenters. The fourth-order valence-corrected chi connectivity index (χ4v) is 1.64. The highest BCUT2D eigenvalue weighted by Gasteiger charge is 2.17. The molecular weight excluding hydrogens is 298 g/mol. The maximum Gasteiger partial charge on any atom is 0.325 e. The molecule has 1 atom stereocenters. The number of amides is 2. The molecule has 0 aliphatic rings. The second kappa shape index (κ2) is 8.06. The zero-order valence-electron chi connectivity index (χ0n) is 12.1. The lowest BCUT2D eigenvalue weighted by Gasteiger charge is -2.13. The second-order valence-electron chi connectivity index (χ2n) is 4.54. The summed E-state index contributed by atoms with van der Waals surface area (Å²) in [5.74, 6) is -3.35. The first-order valence-corrected chi connectivity index (χ1v) is 6.40. The van der Waals surface area contributed by atoms with E-state index in [1.165, 1.54) is 14.0 Å². The van der Waals surface area contributed by atoms with Crippen molar-refractivity contribution < 1.29 is 27.9 Å². The topological polar surface area (TPSA) is 84.5 Å². The number of methoxy groups -OCH3 is 1. The van der Waals surface area contributed by atoms with Gasteiger partial charge in [-0.1, -0.05) is 0 Å². The summed E-state index contributed by atoms with van der Waals surface area (Å²) in [7, 11) is 1.18. The number of hydrogen-bond donors (Lipinski definition) is 2. The lowest BCUT2D eigenvalue weighted by Crippen LogP contribution is -2.46. The molecule has 6 nitrogen and oxygen atoms in total. The van der Waals surface area contributed by atoms with Gasteiger partial charge in [0.05, 0.1) is 13.5 Å². The molecule has 0 saturated carbocycles. The molecule has 2 N–H and O–H groups in total. The summed E-state index contributed by atoms with van der Waals surface area (Å²) < 4.78 is 30.3. The zero-order valence-corrected chi connectivity index (χ0v) is 12.1. The van der Waals surface area contributed by atoms with E-state index < -0.39 is 35.5 Å². The van der Waals surface area contributed by atoms with E-state index in [1.807, 2.05) is 0 Å². The average molecular weight is 314 g/mol. The number of ether oxygens (including phenoxy) is 1. The molecule has 0 spiro atoms. The van der Waals surface area contributed by atoms with Crippen molar-refractivity contribution in [3.05, 3.63) is 35.4 Å². The molecule has 1 aromatic carbocycles. The van der Waals surface area contributed by atoms with Gasteiger partial charge in [-0.05, 0) is 24.6 Å². The fraction of sp³-hybridized carbons (Fsp3) is 0.357.